The minimum absolute atomic E-state index is 0.0331. The third-order valence-electron chi connectivity index (χ3n) is 4.07. The van der Waals surface area contributed by atoms with Gasteiger partial charge >= 0.3 is 5.63 Å². The summed E-state index contributed by atoms with van der Waals surface area (Å²) in [7, 11) is 2.93. The third-order valence-corrected chi connectivity index (χ3v) is 4.80. The zero-order valence-corrected chi connectivity index (χ0v) is 18.8. The number of amides is 1. The molecular weight excluding hydrogens is 424 g/mol. The summed E-state index contributed by atoms with van der Waals surface area (Å²) in [6, 6.07) is 1.28. The highest BCUT2D eigenvalue weighted by atomic mass is 32.1. The number of aliphatic imine (C=N–C) groups is 1. The number of carbonyl (C=O) groups excluding carboxylic acids is 1. The Morgan fingerprint density at radius 2 is 2.13 bits per heavy atom. The van der Waals surface area contributed by atoms with E-state index in [0.29, 0.717) is 23.1 Å². The molecule has 0 aliphatic heterocycles. The average Bonchev–Trinajstić information content (AvgIpc) is 3.13. The molecule has 1 atom stereocenters. The summed E-state index contributed by atoms with van der Waals surface area (Å²) in [4.78, 5) is 29.2. The van der Waals surface area contributed by atoms with Crippen molar-refractivity contribution in [2.45, 2.75) is 26.8 Å². The van der Waals surface area contributed by atoms with Gasteiger partial charge in [-0.25, -0.2) is 9.79 Å². The molecule has 168 valence electrons. The van der Waals surface area contributed by atoms with Crippen LogP contribution in [0.5, 0.6) is 5.75 Å². The first-order valence-corrected chi connectivity index (χ1v) is 10.2. The van der Waals surface area contributed by atoms with E-state index in [4.69, 9.17) is 19.6 Å². The summed E-state index contributed by atoms with van der Waals surface area (Å²) in [6.45, 7) is 6.15. The van der Waals surface area contributed by atoms with Crippen molar-refractivity contribution in [3.05, 3.63) is 34.5 Å². The van der Waals surface area contributed by atoms with Crippen LogP contribution in [0.2, 0.25) is 0 Å². The number of hydrogen-bond acceptors (Lipinski definition) is 11. The number of carbonyl (C=O) groups is 1. The van der Waals surface area contributed by atoms with Crippen LogP contribution >= 0.6 is 11.3 Å². The average molecular weight is 451 g/mol. The van der Waals surface area contributed by atoms with Crippen LogP contribution in [0.3, 0.4) is 0 Å². The highest BCUT2D eigenvalue weighted by Gasteiger charge is 2.22. The van der Waals surface area contributed by atoms with Crippen molar-refractivity contribution in [3.8, 4) is 5.75 Å². The number of hydrogen-bond donors (Lipinski definition) is 3. The standard InChI is InChI=1S/C19H26N6O5S/c1-10(2)13(9-28-4)22-12-8-14(30-17(27)15(12)29-5)16(26)23-19-25-24-18(31-19)21-11(3)6-7-20/h6-8,10,13,22H,9,20H2,1-5H3,(H,23,25,26)/t13-/m1/s1. The number of nitrogens with zero attached hydrogens (tertiary/aromatic N) is 3. The summed E-state index contributed by atoms with van der Waals surface area (Å²) in [5.41, 5.74) is 5.49. The van der Waals surface area contributed by atoms with Crippen molar-refractivity contribution >= 4 is 38.9 Å². The number of allylic oxidation sites excluding steroid dienone is 1. The van der Waals surface area contributed by atoms with Crippen molar-refractivity contribution in [1.29, 1.82) is 0 Å². The third kappa shape index (κ3) is 6.62. The van der Waals surface area contributed by atoms with Gasteiger partial charge in [0.15, 0.2) is 5.76 Å². The van der Waals surface area contributed by atoms with Crippen LogP contribution in [0.4, 0.5) is 16.0 Å². The predicted molar refractivity (Wildman–Crippen MR) is 120 cm³/mol. The lowest BCUT2D eigenvalue weighted by Gasteiger charge is -2.23. The normalized spacial score (nSPS) is 12.9. The van der Waals surface area contributed by atoms with Gasteiger partial charge in [0.1, 0.15) is 0 Å². The van der Waals surface area contributed by atoms with Gasteiger partial charge in [0, 0.05) is 18.9 Å². The van der Waals surface area contributed by atoms with E-state index in [-0.39, 0.29) is 28.6 Å². The zero-order chi connectivity index (χ0) is 23.0. The molecule has 2 aromatic rings. The zero-order valence-electron chi connectivity index (χ0n) is 18.0. The van der Waals surface area contributed by atoms with Crippen LogP contribution in [-0.2, 0) is 4.74 Å². The topological polar surface area (TPSA) is 154 Å². The maximum Gasteiger partial charge on any atom is 0.381 e. The number of nitrogens with two attached hydrogens (primary N) is 1. The fraction of sp³-hybridized carbons (Fsp3) is 0.421. The van der Waals surface area contributed by atoms with Crippen LogP contribution in [0.25, 0.3) is 0 Å². The van der Waals surface area contributed by atoms with E-state index >= 15 is 0 Å². The quantitative estimate of drug-likeness (QED) is 0.463. The molecule has 0 saturated carbocycles. The monoisotopic (exact) mass is 450 g/mol. The van der Waals surface area contributed by atoms with E-state index in [9.17, 15) is 9.59 Å². The fourth-order valence-electron chi connectivity index (χ4n) is 2.47. The van der Waals surface area contributed by atoms with Crippen molar-refractivity contribution in [2.24, 2.45) is 16.6 Å². The summed E-state index contributed by atoms with van der Waals surface area (Å²) < 4.78 is 15.5. The van der Waals surface area contributed by atoms with Crippen LogP contribution in [0.15, 0.2) is 32.5 Å². The molecule has 0 unspecified atom stereocenters. The molecule has 0 aliphatic carbocycles. The first-order valence-electron chi connectivity index (χ1n) is 9.35. The molecule has 0 aromatic carbocycles. The molecule has 0 aliphatic rings. The van der Waals surface area contributed by atoms with Crippen LogP contribution in [0, 0.1) is 5.92 Å². The van der Waals surface area contributed by atoms with E-state index < -0.39 is 11.5 Å². The minimum atomic E-state index is -0.788. The first kappa shape index (κ1) is 24.0. The SMILES string of the molecule is COC[C@@H](Nc1cc(C(=O)Nc2nnc(N=C(C)C=CN)s2)oc(=O)c1OC)C(C)C. The van der Waals surface area contributed by atoms with Crippen molar-refractivity contribution < 1.29 is 18.7 Å². The van der Waals surface area contributed by atoms with E-state index in [1.807, 2.05) is 13.8 Å². The van der Waals surface area contributed by atoms with Gasteiger partial charge in [-0.3, -0.25) is 10.1 Å². The molecule has 0 fully saturated rings. The highest BCUT2D eigenvalue weighted by molar-refractivity contribution is 7.18. The first-order chi connectivity index (χ1) is 14.8. The van der Waals surface area contributed by atoms with Crippen molar-refractivity contribution in [3.63, 3.8) is 0 Å². The number of rotatable bonds is 10. The molecule has 0 spiro atoms. The number of ether oxygens (including phenoxy) is 2. The molecule has 4 N–H and O–H groups in total. The molecule has 0 radical (unpaired) electrons. The van der Waals surface area contributed by atoms with E-state index in [2.05, 4.69) is 25.8 Å². The second kappa shape index (κ2) is 11.2. The van der Waals surface area contributed by atoms with Gasteiger partial charge in [-0.05, 0) is 25.1 Å². The number of nitrogens with one attached hydrogen (secondary N) is 2. The van der Waals surface area contributed by atoms with Crippen LogP contribution in [-0.4, -0.2) is 48.7 Å². The summed E-state index contributed by atoms with van der Waals surface area (Å²) in [6.07, 6.45) is 2.96. The minimum Gasteiger partial charge on any atom is -0.488 e. The Morgan fingerprint density at radius 3 is 2.74 bits per heavy atom. The van der Waals surface area contributed by atoms with Gasteiger partial charge in [0.2, 0.25) is 16.0 Å². The van der Waals surface area contributed by atoms with Gasteiger partial charge in [-0.1, -0.05) is 25.2 Å². The number of anilines is 2. The number of aromatic nitrogens is 2. The van der Waals surface area contributed by atoms with Crippen LogP contribution in [0.1, 0.15) is 31.3 Å². The number of methoxy groups -OCH3 is 2. The molecule has 11 nitrogen and oxygen atoms in total. The molecular formula is C19H26N6O5S. The molecule has 2 rings (SSSR count). The molecule has 31 heavy (non-hydrogen) atoms. The second-order valence-electron chi connectivity index (χ2n) is 6.75. The Balaban J connectivity index is 2.27. The summed E-state index contributed by atoms with van der Waals surface area (Å²) in [5, 5.41) is 14.0. The molecule has 2 heterocycles. The van der Waals surface area contributed by atoms with Gasteiger partial charge in [-0.15, -0.1) is 10.2 Å². The molecule has 0 saturated heterocycles. The van der Waals surface area contributed by atoms with Crippen LogP contribution < -0.4 is 26.7 Å². The largest absolute Gasteiger partial charge is 0.488 e. The lowest BCUT2D eigenvalue weighted by atomic mass is 10.0. The Kier molecular flexibility index (Phi) is 8.70. The molecule has 12 heteroatoms. The fourth-order valence-corrected chi connectivity index (χ4v) is 3.14. The van der Waals surface area contributed by atoms with Gasteiger partial charge in [0.25, 0.3) is 5.91 Å². The van der Waals surface area contributed by atoms with Gasteiger partial charge in [0.05, 0.1) is 25.4 Å². The van der Waals surface area contributed by atoms with Crippen molar-refractivity contribution in [2.75, 3.05) is 31.5 Å². The summed E-state index contributed by atoms with van der Waals surface area (Å²) in [5.74, 6) is -0.724. The maximum absolute atomic E-state index is 12.6. The Labute approximate surface area is 183 Å². The van der Waals surface area contributed by atoms with E-state index in [0.717, 1.165) is 11.3 Å². The van der Waals surface area contributed by atoms with E-state index in [1.54, 1.807) is 20.1 Å². The Morgan fingerprint density at radius 1 is 1.39 bits per heavy atom. The van der Waals surface area contributed by atoms with Gasteiger partial charge < -0.3 is 24.9 Å². The maximum atomic E-state index is 12.6. The Hall–Kier alpha value is -3.25. The lowest BCUT2D eigenvalue weighted by Crippen LogP contribution is -2.31. The second-order valence-corrected chi connectivity index (χ2v) is 7.71. The smallest absolute Gasteiger partial charge is 0.381 e. The molecule has 1 amide bonds. The molecule has 0 bridgehead atoms. The predicted octanol–water partition coefficient (Wildman–Crippen LogP) is 2.40. The molecule has 2 aromatic heterocycles. The lowest BCUT2D eigenvalue weighted by molar-refractivity contribution is 0.0991. The van der Waals surface area contributed by atoms with Crippen molar-refractivity contribution in [1.82, 2.24) is 10.2 Å². The summed E-state index contributed by atoms with van der Waals surface area (Å²) >= 11 is 1.05. The highest BCUT2D eigenvalue weighted by Crippen LogP contribution is 2.26. The van der Waals surface area contributed by atoms with E-state index in [1.165, 1.54) is 19.4 Å². The Bertz CT molecular complexity index is 1010. The van der Waals surface area contributed by atoms with Gasteiger partial charge in [-0.2, -0.15) is 0 Å².